The van der Waals surface area contributed by atoms with Gasteiger partial charge in [-0.25, -0.2) is 4.79 Å². The van der Waals surface area contributed by atoms with E-state index in [1.165, 1.54) is 0 Å². The monoisotopic (exact) mass is 234 g/mol. The second-order valence-electron chi connectivity index (χ2n) is 3.70. The summed E-state index contributed by atoms with van der Waals surface area (Å²) in [6.07, 6.45) is 1.36. The van der Waals surface area contributed by atoms with Crippen LogP contribution in [0.5, 0.6) is 0 Å². The van der Waals surface area contributed by atoms with Crippen molar-refractivity contribution in [1.29, 1.82) is 0 Å². The minimum atomic E-state index is -0.892. The van der Waals surface area contributed by atoms with Gasteiger partial charge in [-0.3, -0.25) is 4.79 Å². The van der Waals surface area contributed by atoms with E-state index in [1.54, 1.807) is 6.92 Å². The van der Waals surface area contributed by atoms with Crippen LogP contribution in [0.1, 0.15) is 19.8 Å². The van der Waals surface area contributed by atoms with E-state index in [9.17, 15) is 14.7 Å². The Bertz CT molecular complexity index is 334. The number of rotatable bonds is 2. The van der Waals surface area contributed by atoms with Crippen LogP contribution >= 0.6 is 0 Å². The molecule has 0 aromatic heterocycles. The van der Waals surface area contributed by atoms with Gasteiger partial charge in [0.25, 0.3) is 0 Å². The summed E-state index contributed by atoms with van der Waals surface area (Å²) in [7, 11) is 0. The first kappa shape index (κ1) is 13.4. The summed E-state index contributed by atoms with van der Waals surface area (Å²) in [5, 5.41) is 11.4. The summed E-state index contributed by atoms with van der Waals surface area (Å²) in [4.78, 5) is 22.5. The molecule has 0 spiro atoms. The van der Waals surface area contributed by atoms with Crippen LogP contribution in [-0.2, 0) is 14.3 Å². The predicted molar refractivity (Wildman–Crippen MR) is 44.9 cm³/mol. The SMILES string of the molecule is CCOC(=O)C([O-])=C1C[C@@H]2C[C@@H]2C1=O.[K+]. The van der Waals surface area contributed by atoms with Crippen LogP contribution in [0.3, 0.4) is 0 Å². The molecular weight excluding hydrogens is 223 g/mol. The third-order valence-electron chi connectivity index (χ3n) is 2.76. The predicted octanol–water partition coefficient (Wildman–Crippen LogP) is -3.22. The normalized spacial score (nSPS) is 30.3. The van der Waals surface area contributed by atoms with Crippen molar-refractivity contribution in [3.63, 3.8) is 0 Å². The largest absolute Gasteiger partial charge is 1.00 e. The van der Waals surface area contributed by atoms with E-state index in [0.717, 1.165) is 6.42 Å². The van der Waals surface area contributed by atoms with Crippen LogP contribution in [0.15, 0.2) is 11.3 Å². The van der Waals surface area contributed by atoms with Crippen LogP contribution < -0.4 is 56.5 Å². The summed E-state index contributed by atoms with van der Waals surface area (Å²) in [5.74, 6) is -1.39. The molecule has 0 unspecified atom stereocenters. The van der Waals surface area contributed by atoms with E-state index >= 15 is 0 Å². The van der Waals surface area contributed by atoms with E-state index < -0.39 is 11.7 Å². The summed E-state index contributed by atoms with van der Waals surface area (Å²) in [6.45, 7) is 1.79. The molecule has 2 atom stereocenters. The van der Waals surface area contributed by atoms with Crippen molar-refractivity contribution in [2.24, 2.45) is 11.8 Å². The molecule has 0 amide bonds. The average molecular weight is 234 g/mol. The average Bonchev–Trinajstić information content (AvgIpc) is 2.86. The summed E-state index contributed by atoms with van der Waals surface area (Å²) in [5.41, 5.74) is 0.157. The second kappa shape index (κ2) is 5.10. The Morgan fingerprint density at radius 2 is 2.27 bits per heavy atom. The van der Waals surface area contributed by atoms with E-state index in [4.69, 9.17) is 0 Å². The molecule has 4 nitrogen and oxygen atoms in total. The molecule has 5 heteroatoms. The number of Topliss-reactive ketones (excluding diaryl/α,β-unsaturated/α-hetero) is 1. The number of esters is 1. The topological polar surface area (TPSA) is 66.4 Å². The van der Waals surface area contributed by atoms with Crippen LogP contribution in [0.25, 0.3) is 0 Å². The molecule has 2 aliphatic carbocycles. The number of carbonyl (C=O) groups is 2. The number of ether oxygens (including phenoxy) is 1. The number of hydrogen-bond donors (Lipinski definition) is 0. The van der Waals surface area contributed by atoms with Gasteiger partial charge in [0.2, 0.25) is 0 Å². The minimum absolute atomic E-state index is 0. The molecule has 0 bridgehead atoms. The van der Waals surface area contributed by atoms with Crippen molar-refractivity contribution in [3.8, 4) is 0 Å². The smallest absolute Gasteiger partial charge is 0.867 e. The molecule has 76 valence electrons. The van der Waals surface area contributed by atoms with Gasteiger partial charge in [-0.05, 0) is 37.0 Å². The van der Waals surface area contributed by atoms with Crippen molar-refractivity contribution in [2.45, 2.75) is 19.8 Å². The number of allylic oxidation sites excluding steroid dienone is 1. The van der Waals surface area contributed by atoms with Crippen molar-refractivity contribution < 1.29 is 70.8 Å². The summed E-state index contributed by atoms with van der Waals surface area (Å²) in [6, 6.07) is 0. The molecule has 0 N–H and O–H groups in total. The Morgan fingerprint density at radius 1 is 1.60 bits per heavy atom. The zero-order valence-electron chi connectivity index (χ0n) is 8.91. The first-order valence-corrected chi connectivity index (χ1v) is 4.76. The number of ketones is 1. The van der Waals surface area contributed by atoms with Gasteiger partial charge >= 0.3 is 57.4 Å². The fourth-order valence-electron chi connectivity index (χ4n) is 1.91. The van der Waals surface area contributed by atoms with E-state index in [0.29, 0.717) is 12.3 Å². The molecule has 2 rings (SSSR count). The van der Waals surface area contributed by atoms with Crippen LogP contribution in [0.2, 0.25) is 0 Å². The Labute approximate surface area is 130 Å². The van der Waals surface area contributed by atoms with Gasteiger partial charge < -0.3 is 9.84 Å². The third-order valence-corrected chi connectivity index (χ3v) is 2.76. The molecule has 0 radical (unpaired) electrons. The van der Waals surface area contributed by atoms with Gasteiger partial charge in [0.1, 0.15) is 0 Å². The molecule has 15 heavy (non-hydrogen) atoms. The quantitative estimate of drug-likeness (QED) is 0.218. The standard InChI is InChI=1S/C10H12O4.K/c1-2-14-10(13)9(12)7-4-5-3-6(5)8(7)11;/h5-6,12H,2-4H2,1H3;/q;+1/p-1/t5-,6-;/m0./s1. The van der Waals surface area contributed by atoms with Gasteiger partial charge in [-0.15, -0.1) is 0 Å². The van der Waals surface area contributed by atoms with Crippen molar-refractivity contribution in [1.82, 2.24) is 0 Å². The van der Waals surface area contributed by atoms with E-state index in [2.05, 4.69) is 4.74 Å². The fourth-order valence-corrected chi connectivity index (χ4v) is 1.91. The second-order valence-corrected chi connectivity index (χ2v) is 3.70. The zero-order chi connectivity index (χ0) is 10.3. The van der Waals surface area contributed by atoms with Crippen LogP contribution in [-0.4, -0.2) is 18.4 Å². The number of carbonyl (C=O) groups excluding carboxylic acids is 2. The van der Waals surface area contributed by atoms with Crippen LogP contribution in [0, 0.1) is 11.8 Å². The minimum Gasteiger partial charge on any atom is -0.867 e. The Hall–Kier alpha value is 0.316. The summed E-state index contributed by atoms with van der Waals surface area (Å²) >= 11 is 0. The Balaban J connectivity index is 0.00000112. The molecule has 0 saturated heterocycles. The molecule has 2 fully saturated rings. The van der Waals surface area contributed by atoms with Gasteiger partial charge in [-0.2, -0.15) is 0 Å². The number of hydrogen-bond acceptors (Lipinski definition) is 4. The van der Waals surface area contributed by atoms with Crippen molar-refractivity contribution in [3.05, 3.63) is 11.3 Å². The maximum absolute atomic E-state index is 11.4. The maximum Gasteiger partial charge on any atom is 1.00 e. The Morgan fingerprint density at radius 3 is 2.73 bits per heavy atom. The van der Waals surface area contributed by atoms with E-state index in [-0.39, 0.29) is 75.3 Å². The van der Waals surface area contributed by atoms with Crippen LogP contribution in [0.4, 0.5) is 0 Å². The maximum atomic E-state index is 11.4. The van der Waals surface area contributed by atoms with E-state index in [1.807, 2.05) is 0 Å². The van der Waals surface area contributed by atoms with Gasteiger partial charge in [0.05, 0.1) is 6.61 Å². The fraction of sp³-hybridized carbons (Fsp3) is 0.600. The first-order valence-electron chi connectivity index (χ1n) is 4.76. The first-order chi connectivity index (χ1) is 6.65. The van der Waals surface area contributed by atoms with Gasteiger partial charge in [0.15, 0.2) is 5.78 Å². The molecule has 0 heterocycles. The zero-order valence-corrected chi connectivity index (χ0v) is 12.0. The summed E-state index contributed by atoms with van der Waals surface area (Å²) < 4.78 is 4.55. The molecule has 0 aromatic carbocycles. The molecule has 0 aliphatic heterocycles. The van der Waals surface area contributed by atoms with Gasteiger partial charge in [0, 0.05) is 5.92 Å². The molecule has 0 aromatic rings. The van der Waals surface area contributed by atoms with Gasteiger partial charge in [-0.1, -0.05) is 0 Å². The Kier molecular flexibility index (Phi) is 4.55. The number of fused-ring (bicyclic) bond motifs is 1. The molecule has 2 aliphatic rings. The molecular formula is C10H11KO4. The third kappa shape index (κ3) is 2.53. The van der Waals surface area contributed by atoms with Crippen molar-refractivity contribution >= 4 is 11.8 Å². The molecule has 2 saturated carbocycles. The van der Waals surface area contributed by atoms with Crippen molar-refractivity contribution in [2.75, 3.05) is 6.61 Å².